The average Bonchev–Trinajstić information content (AvgIpc) is 3.28. The second-order valence-electron chi connectivity index (χ2n) is 10.8. The minimum absolute atomic E-state index is 0.0422. The van der Waals surface area contributed by atoms with E-state index >= 15 is 0 Å². The van der Waals surface area contributed by atoms with E-state index in [4.69, 9.17) is 4.74 Å². The van der Waals surface area contributed by atoms with Gasteiger partial charge in [0, 0.05) is 29.4 Å². The zero-order chi connectivity index (χ0) is 26.5. The number of benzene rings is 1. The molecule has 1 aliphatic rings. The minimum atomic E-state index is -0.820. The number of rotatable bonds is 9. The summed E-state index contributed by atoms with van der Waals surface area (Å²) in [5, 5.41) is 19.0. The fourth-order valence-corrected chi connectivity index (χ4v) is 4.61. The van der Waals surface area contributed by atoms with Gasteiger partial charge in [0.2, 0.25) is 11.8 Å². The van der Waals surface area contributed by atoms with Gasteiger partial charge in [-0.15, -0.1) is 0 Å². The van der Waals surface area contributed by atoms with Crippen molar-refractivity contribution < 1.29 is 19.1 Å². The quantitative estimate of drug-likeness (QED) is 0.423. The number of nitriles is 1. The van der Waals surface area contributed by atoms with Crippen LogP contribution in [0.5, 0.6) is 5.75 Å². The largest absolute Gasteiger partial charge is 0.496 e. The molecular formula is C27H37N5O4. The molecule has 1 aromatic heterocycles. The van der Waals surface area contributed by atoms with Crippen molar-refractivity contribution >= 4 is 28.6 Å². The van der Waals surface area contributed by atoms with Gasteiger partial charge in [0.05, 0.1) is 19.1 Å². The fraction of sp³-hybridized carbons (Fsp3) is 0.556. The van der Waals surface area contributed by atoms with E-state index in [1.54, 1.807) is 20.1 Å². The number of fused-ring (bicyclic) bond motifs is 1. The number of carbonyl (C=O) groups is 3. The number of hydrogen-bond donors (Lipinski definition) is 4. The Hall–Kier alpha value is -3.54. The van der Waals surface area contributed by atoms with Gasteiger partial charge in [0.15, 0.2) is 0 Å². The highest BCUT2D eigenvalue weighted by atomic mass is 16.5. The first kappa shape index (κ1) is 27.1. The molecule has 3 amide bonds. The number of hydrogen-bond acceptors (Lipinski definition) is 5. The molecule has 194 valence electrons. The van der Waals surface area contributed by atoms with Crippen LogP contribution in [0.25, 0.3) is 10.9 Å². The Morgan fingerprint density at radius 2 is 2.03 bits per heavy atom. The molecule has 9 heteroatoms. The molecule has 0 radical (unpaired) electrons. The van der Waals surface area contributed by atoms with Crippen molar-refractivity contribution in [3.8, 4) is 11.8 Å². The summed E-state index contributed by atoms with van der Waals surface area (Å²) >= 11 is 0. The van der Waals surface area contributed by atoms with E-state index < -0.39 is 23.9 Å². The smallest absolute Gasteiger partial charge is 0.268 e. The van der Waals surface area contributed by atoms with Gasteiger partial charge in [-0.05, 0) is 56.2 Å². The van der Waals surface area contributed by atoms with Crippen LogP contribution in [0.4, 0.5) is 0 Å². The van der Waals surface area contributed by atoms with Crippen molar-refractivity contribution in [2.75, 3.05) is 13.7 Å². The number of H-pyrrole nitrogens is 1. The summed E-state index contributed by atoms with van der Waals surface area (Å²) in [5.41, 5.74) is 0.825. The van der Waals surface area contributed by atoms with Crippen LogP contribution in [0.15, 0.2) is 24.3 Å². The van der Waals surface area contributed by atoms with E-state index in [1.165, 1.54) is 0 Å². The van der Waals surface area contributed by atoms with Crippen LogP contribution in [0.2, 0.25) is 0 Å². The topological polar surface area (TPSA) is 136 Å². The van der Waals surface area contributed by atoms with E-state index in [-0.39, 0.29) is 23.1 Å². The third-order valence-corrected chi connectivity index (χ3v) is 6.60. The molecule has 4 atom stereocenters. The maximum Gasteiger partial charge on any atom is 0.268 e. The number of nitrogens with zero attached hydrogens (tertiary/aromatic N) is 1. The Labute approximate surface area is 212 Å². The Bertz CT molecular complexity index is 1140. The first-order valence-electron chi connectivity index (χ1n) is 12.5. The third kappa shape index (κ3) is 6.78. The van der Waals surface area contributed by atoms with E-state index in [2.05, 4.69) is 27.0 Å². The molecule has 4 N–H and O–H groups in total. The van der Waals surface area contributed by atoms with Gasteiger partial charge in [0.25, 0.3) is 5.91 Å². The van der Waals surface area contributed by atoms with Crippen molar-refractivity contribution in [1.29, 1.82) is 5.26 Å². The molecule has 36 heavy (non-hydrogen) atoms. The molecule has 9 nitrogen and oxygen atoms in total. The van der Waals surface area contributed by atoms with Gasteiger partial charge in [0.1, 0.15) is 17.5 Å². The molecule has 0 aliphatic carbocycles. The van der Waals surface area contributed by atoms with Gasteiger partial charge < -0.3 is 25.7 Å². The lowest BCUT2D eigenvalue weighted by atomic mass is 9.85. The Morgan fingerprint density at radius 1 is 1.28 bits per heavy atom. The Balaban J connectivity index is 1.79. The number of methoxy groups -OCH3 is 1. The summed E-state index contributed by atoms with van der Waals surface area (Å²) in [4.78, 5) is 42.0. The Kier molecular flexibility index (Phi) is 8.62. The highest BCUT2D eigenvalue weighted by molar-refractivity contribution is 6.01. The van der Waals surface area contributed by atoms with Crippen LogP contribution in [-0.4, -0.2) is 48.4 Å². The van der Waals surface area contributed by atoms with Crippen LogP contribution < -0.4 is 20.7 Å². The average molecular weight is 496 g/mol. The molecule has 1 saturated heterocycles. The molecule has 1 aromatic carbocycles. The van der Waals surface area contributed by atoms with Gasteiger partial charge in [-0.2, -0.15) is 5.26 Å². The monoisotopic (exact) mass is 495 g/mol. The lowest BCUT2D eigenvalue weighted by Crippen LogP contribution is -2.53. The maximum atomic E-state index is 13.4. The standard InChI is InChI=1S/C27H37N5O4/c1-16(15-28)20(12-17-8-7-11-29-24(17)33)31-26(35)22(14-27(2,3)4)32-25(34)21-13-18-19(30-21)9-6-10-23(18)36-5/h6,9-10,13,16-17,20,22,30H,7-8,11-12,14H2,1-5H3,(H,29,33)(H,31,35)(H,32,34)/t16?,17-,20-,22-/m0/s1. The van der Waals surface area contributed by atoms with Crippen molar-refractivity contribution in [1.82, 2.24) is 20.9 Å². The van der Waals surface area contributed by atoms with Gasteiger partial charge in [-0.3, -0.25) is 14.4 Å². The lowest BCUT2D eigenvalue weighted by Gasteiger charge is -2.31. The molecule has 0 bridgehead atoms. The zero-order valence-electron chi connectivity index (χ0n) is 21.7. The van der Waals surface area contributed by atoms with Gasteiger partial charge in [-0.25, -0.2) is 0 Å². The third-order valence-electron chi connectivity index (χ3n) is 6.60. The lowest BCUT2D eigenvalue weighted by molar-refractivity contribution is -0.128. The number of nitrogens with one attached hydrogen (secondary N) is 4. The van der Waals surface area contributed by atoms with Crippen molar-refractivity contribution in [2.24, 2.45) is 17.3 Å². The number of aromatic nitrogens is 1. The fourth-order valence-electron chi connectivity index (χ4n) is 4.61. The van der Waals surface area contributed by atoms with Crippen LogP contribution >= 0.6 is 0 Å². The molecule has 0 saturated carbocycles. The summed E-state index contributed by atoms with van der Waals surface area (Å²) in [5.74, 6) is -0.913. The summed E-state index contributed by atoms with van der Waals surface area (Å²) in [6.45, 7) is 8.37. The van der Waals surface area contributed by atoms with Gasteiger partial charge in [-0.1, -0.05) is 26.8 Å². The second-order valence-corrected chi connectivity index (χ2v) is 10.8. The minimum Gasteiger partial charge on any atom is -0.496 e. The number of carbonyl (C=O) groups excluding carboxylic acids is 3. The molecule has 1 fully saturated rings. The van der Waals surface area contributed by atoms with Crippen LogP contribution in [0.3, 0.4) is 0 Å². The molecule has 1 aliphatic heterocycles. The molecule has 0 spiro atoms. The summed E-state index contributed by atoms with van der Waals surface area (Å²) < 4.78 is 5.38. The second kappa shape index (κ2) is 11.5. The van der Waals surface area contributed by atoms with Crippen molar-refractivity contribution in [2.45, 2.75) is 65.5 Å². The summed E-state index contributed by atoms with van der Waals surface area (Å²) in [7, 11) is 1.57. The van der Waals surface area contributed by atoms with Gasteiger partial charge >= 0.3 is 0 Å². The van der Waals surface area contributed by atoms with E-state index in [0.29, 0.717) is 30.8 Å². The van der Waals surface area contributed by atoms with Crippen molar-refractivity contribution in [3.05, 3.63) is 30.0 Å². The molecule has 1 unspecified atom stereocenters. The predicted molar refractivity (Wildman–Crippen MR) is 137 cm³/mol. The van der Waals surface area contributed by atoms with E-state index in [9.17, 15) is 19.6 Å². The number of piperidine rings is 1. The van der Waals surface area contributed by atoms with Crippen LogP contribution in [0, 0.1) is 28.6 Å². The number of ether oxygens (including phenoxy) is 1. The van der Waals surface area contributed by atoms with Crippen LogP contribution in [-0.2, 0) is 9.59 Å². The number of aromatic amines is 1. The SMILES string of the molecule is COc1cccc2[nH]c(C(=O)N[C@@H](CC(C)(C)C)C(=O)N[C@@H](C[C@@H]3CCCNC3=O)C(C)C#N)cc12. The normalized spacial score (nSPS) is 18.4. The van der Waals surface area contributed by atoms with E-state index in [0.717, 1.165) is 23.7 Å². The molecule has 2 aromatic rings. The first-order valence-corrected chi connectivity index (χ1v) is 12.5. The van der Waals surface area contributed by atoms with Crippen LogP contribution in [0.1, 0.15) is 63.9 Å². The summed E-state index contributed by atoms with van der Waals surface area (Å²) in [6, 6.07) is 8.08. The number of amides is 3. The van der Waals surface area contributed by atoms with Crippen molar-refractivity contribution in [3.63, 3.8) is 0 Å². The highest BCUT2D eigenvalue weighted by Gasteiger charge is 2.33. The first-order chi connectivity index (χ1) is 17.0. The summed E-state index contributed by atoms with van der Waals surface area (Å²) in [6.07, 6.45) is 2.37. The predicted octanol–water partition coefficient (Wildman–Crippen LogP) is 3.27. The Morgan fingerprint density at radius 3 is 2.67 bits per heavy atom. The zero-order valence-corrected chi connectivity index (χ0v) is 21.7. The van der Waals surface area contributed by atoms with E-state index in [1.807, 2.05) is 39.0 Å². The highest BCUT2D eigenvalue weighted by Crippen LogP contribution is 2.27. The maximum absolute atomic E-state index is 13.4. The molecular weight excluding hydrogens is 458 g/mol. The molecule has 2 heterocycles. The molecule has 3 rings (SSSR count).